The molecule has 3 atom stereocenters. The standard InChI is InChI=1S/C16H31NO3/c1-3-4-5-6-7-13(2)20-15-12-16(9-8-14(15)17)18-10-11-19-16/h13-15H,3-12,17H2,1-2H3. The minimum absolute atomic E-state index is 0.0722. The zero-order chi connectivity index (χ0) is 14.4. The van der Waals surface area contributed by atoms with E-state index in [1.54, 1.807) is 0 Å². The Labute approximate surface area is 123 Å². The van der Waals surface area contributed by atoms with Gasteiger partial charge in [-0.1, -0.05) is 32.6 Å². The van der Waals surface area contributed by atoms with E-state index in [0.717, 1.165) is 25.7 Å². The number of hydrogen-bond acceptors (Lipinski definition) is 4. The molecule has 0 aromatic rings. The molecular formula is C16H31NO3. The minimum Gasteiger partial charge on any atom is -0.373 e. The van der Waals surface area contributed by atoms with Crippen LogP contribution in [0, 0.1) is 0 Å². The van der Waals surface area contributed by atoms with Crippen LogP contribution in [0.4, 0.5) is 0 Å². The summed E-state index contributed by atoms with van der Waals surface area (Å²) in [4.78, 5) is 0. The van der Waals surface area contributed by atoms with Crippen molar-refractivity contribution >= 4 is 0 Å². The molecular weight excluding hydrogens is 254 g/mol. The van der Waals surface area contributed by atoms with Crippen LogP contribution in [0.25, 0.3) is 0 Å². The van der Waals surface area contributed by atoms with Crippen LogP contribution in [-0.2, 0) is 14.2 Å². The molecule has 4 heteroatoms. The first-order valence-corrected chi connectivity index (χ1v) is 8.34. The van der Waals surface area contributed by atoms with Gasteiger partial charge in [0.1, 0.15) is 0 Å². The second kappa shape index (κ2) is 7.74. The summed E-state index contributed by atoms with van der Waals surface area (Å²) >= 11 is 0. The van der Waals surface area contributed by atoms with Crippen LogP contribution in [-0.4, -0.2) is 37.3 Å². The molecule has 0 bridgehead atoms. The van der Waals surface area contributed by atoms with Gasteiger partial charge in [-0.15, -0.1) is 0 Å². The molecule has 20 heavy (non-hydrogen) atoms. The van der Waals surface area contributed by atoms with E-state index in [4.69, 9.17) is 19.9 Å². The first-order chi connectivity index (χ1) is 9.65. The highest BCUT2D eigenvalue weighted by atomic mass is 16.7. The maximum Gasteiger partial charge on any atom is 0.171 e. The summed E-state index contributed by atoms with van der Waals surface area (Å²) in [5, 5.41) is 0. The van der Waals surface area contributed by atoms with Crippen molar-refractivity contribution in [3.05, 3.63) is 0 Å². The summed E-state index contributed by atoms with van der Waals surface area (Å²) in [7, 11) is 0. The van der Waals surface area contributed by atoms with Gasteiger partial charge in [0, 0.05) is 18.9 Å². The van der Waals surface area contributed by atoms with Crippen LogP contribution in [0.3, 0.4) is 0 Å². The van der Waals surface area contributed by atoms with Crippen molar-refractivity contribution < 1.29 is 14.2 Å². The van der Waals surface area contributed by atoms with Crippen molar-refractivity contribution in [1.29, 1.82) is 0 Å². The molecule has 2 fully saturated rings. The molecule has 1 heterocycles. The normalized spacial score (nSPS) is 30.8. The van der Waals surface area contributed by atoms with Crippen molar-refractivity contribution in [2.24, 2.45) is 5.73 Å². The number of nitrogens with two attached hydrogens (primary N) is 1. The van der Waals surface area contributed by atoms with Gasteiger partial charge in [0.15, 0.2) is 5.79 Å². The van der Waals surface area contributed by atoms with Gasteiger partial charge in [0.05, 0.1) is 25.4 Å². The molecule has 118 valence electrons. The number of unbranched alkanes of at least 4 members (excludes halogenated alkanes) is 3. The highest BCUT2D eigenvalue weighted by Gasteiger charge is 2.45. The second-order valence-electron chi connectivity index (χ2n) is 6.35. The van der Waals surface area contributed by atoms with Crippen LogP contribution in [0.1, 0.15) is 65.2 Å². The second-order valence-corrected chi connectivity index (χ2v) is 6.35. The van der Waals surface area contributed by atoms with Gasteiger partial charge < -0.3 is 19.9 Å². The molecule has 0 radical (unpaired) electrons. The average molecular weight is 285 g/mol. The summed E-state index contributed by atoms with van der Waals surface area (Å²) in [6, 6.07) is 0.117. The lowest BCUT2D eigenvalue weighted by molar-refractivity contribution is -0.210. The number of hydrogen-bond donors (Lipinski definition) is 1. The molecule has 1 aliphatic carbocycles. The van der Waals surface area contributed by atoms with Crippen molar-refractivity contribution in [2.75, 3.05) is 13.2 Å². The molecule has 4 nitrogen and oxygen atoms in total. The van der Waals surface area contributed by atoms with Crippen LogP contribution in [0.2, 0.25) is 0 Å². The van der Waals surface area contributed by atoms with Gasteiger partial charge in [-0.25, -0.2) is 0 Å². The lowest BCUT2D eigenvalue weighted by Crippen LogP contribution is -2.50. The Morgan fingerprint density at radius 3 is 2.70 bits per heavy atom. The Balaban J connectivity index is 1.74. The van der Waals surface area contributed by atoms with Crippen LogP contribution in [0.15, 0.2) is 0 Å². The Morgan fingerprint density at radius 1 is 1.25 bits per heavy atom. The molecule has 1 saturated carbocycles. The molecule has 1 aliphatic heterocycles. The fraction of sp³-hybridized carbons (Fsp3) is 1.00. The molecule has 0 aromatic heterocycles. The van der Waals surface area contributed by atoms with E-state index in [2.05, 4.69) is 13.8 Å². The fourth-order valence-corrected chi connectivity index (χ4v) is 3.27. The Kier molecular flexibility index (Phi) is 6.27. The Morgan fingerprint density at radius 2 is 2.00 bits per heavy atom. The van der Waals surface area contributed by atoms with Crippen molar-refractivity contribution in [1.82, 2.24) is 0 Å². The zero-order valence-electron chi connectivity index (χ0n) is 13.1. The van der Waals surface area contributed by atoms with Crippen LogP contribution < -0.4 is 5.73 Å². The number of rotatable bonds is 7. The van der Waals surface area contributed by atoms with E-state index in [1.165, 1.54) is 25.7 Å². The first-order valence-electron chi connectivity index (χ1n) is 8.34. The number of ether oxygens (including phenoxy) is 3. The molecule has 0 aromatic carbocycles. The molecule has 0 amide bonds. The Bertz CT molecular complexity index is 279. The highest BCUT2D eigenvalue weighted by Crippen LogP contribution is 2.37. The maximum atomic E-state index is 6.22. The lowest BCUT2D eigenvalue weighted by atomic mass is 9.87. The summed E-state index contributed by atoms with van der Waals surface area (Å²) in [6.07, 6.45) is 9.23. The third-order valence-electron chi connectivity index (χ3n) is 4.53. The summed E-state index contributed by atoms with van der Waals surface area (Å²) in [5.74, 6) is -0.400. The fourth-order valence-electron chi connectivity index (χ4n) is 3.27. The van der Waals surface area contributed by atoms with E-state index in [-0.39, 0.29) is 18.2 Å². The zero-order valence-corrected chi connectivity index (χ0v) is 13.1. The average Bonchev–Trinajstić information content (AvgIpc) is 2.88. The molecule has 2 N–H and O–H groups in total. The third-order valence-corrected chi connectivity index (χ3v) is 4.53. The highest BCUT2D eigenvalue weighted by molar-refractivity contribution is 4.91. The monoisotopic (exact) mass is 285 g/mol. The molecule has 2 rings (SSSR count). The van der Waals surface area contributed by atoms with Gasteiger partial charge in [-0.3, -0.25) is 0 Å². The van der Waals surface area contributed by atoms with Crippen LogP contribution >= 0.6 is 0 Å². The smallest absolute Gasteiger partial charge is 0.171 e. The van der Waals surface area contributed by atoms with Gasteiger partial charge in [-0.2, -0.15) is 0 Å². The van der Waals surface area contributed by atoms with Gasteiger partial charge in [-0.05, 0) is 19.8 Å². The van der Waals surface area contributed by atoms with Crippen molar-refractivity contribution in [3.8, 4) is 0 Å². The van der Waals surface area contributed by atoms with E-state index in [0.29, 0.717) is 13.2 Å². The van der Waals surface area contributed by atoms with E-state index >= 15 is 0 Å². The topological polar surface area (TPSA) is 53.7 Å². The first kappa shape index (κ1) is 16.2. The van der Waals surface area contributed by atoms with E-state index < -0.39 is 5.79 Å². The molecule has 1 spiro atoms. The quantitative estimate of drug-likeness (QED) is 0.731. The van der Waals surface area contributed by atoms with Gasteiger partial charge in [0.2, 0.25) is 0 Å². The van der Waals surface area contributed by atoms with Crippen LogP contribution in [0.5, 0.6) is 0 Å². The van der Waals surface area contributed by atoms with E-state index in [1.807, 2.05) is 0 Å². The lowest BCUT2D eigenvalue weighted by Gasteiger charge is -2.40. The van der Waals surface area contributed by atoms with Crippen molar-refractivity contribution in [3.63, 3.8) is 0 Å². The summed E-state index contributed by atoms with van der Waals surface area (Å²) in [5.41, 5.74) is 6.22. The maximum absolute atomic E-state index is 6.22. The molecule has 3 unspecified atom stereocenters. The van der Waals surface area contributed by atoms with Gasteiger partial charge in [0.25, 0.3) is 0 Å². The summed E-state index contributed by atoms with van der Waals surface area (Å²) < 4.78 is 17.8. The molecule has 1 saturated heterocycles. The predicted octanol–water partition coefficient (Wildman–Crippen LogP) is 2.98. The van der Waals surface area contributed by atoms with Gasteiger partial charge >= 0.3 is 0 Å². The summed E-state index contributed by atoms with van der Waals surface area (Å²) in [6.45, 7) is 5.81. The Hall–Kier alpha value is -0.160. The van der Waals surface area contributed by atoms with E-state index in [9.17, 15) is 0 Å². The minimum atomic E-state index is -0.400. The third kappa shape index (κ3) is 4.42. The van der Waals surface area contributed by atoms with Crippen molar-refractivity contribution in [2.45, 2.75) is 89.3 Å². The largest absolute Gasteiger partial charge is 0.373 e. The molecule has 2 aliphatic rings. The SMILES string of the molecule is CCCCCCC(C)OC1CC2(CCC1N)OCCO2. The predicted molar refractivity (Wildman–Crippen MR) is 79.6 cm³/mol.